The third kappa shape index (κ3) is 4.60. The van der Waals surface area contributed by atoms with E-state index in [4.69, 9.17) is 14.7 Å². The van der Waals surface area contributed by atoms with Gasteiger partial charge >= 0.3 is 0 Å². The van der Waals surface area contributed by atoms with Crippen molar-refractivity contribution in [2.24, 2.45) is 0 Å². The lowest BCUT2D eigenvalue weighted by atomic mass is 9.99. The highest BCUT2D eigenvalue weighted by Gasteiger charge is 2.25. The Morgan fingerprint density at radius 3 is 1.85 bits per heavy atom. The summed E-state index contributed by atoms with van der Waals surface area (Å²) in [6.45, 7) is 0. The summed E-state index contributed by atoms with van der Waals surface area (Å²) in [5.41, 5.74) is 10.7. The van der Waals surface area contributed by atoms with Gasteiger partial charge in [0, 0.05) is 32.8 Å². The molecule has 0 spiro atoms. The quantitative estimate of drug-likeness (QED) is 0.168. The Morgan fingerprint density at radius 2 is 0.984 bits per heavy atom. The fourth-order valence-electron chi connectivity index (χ4n) is 10.1. The minimum Gasteiger partial charge on any atom is -0.456 e. The van der Waals surface area contributed by atoms with Gasteiger partial charge in [-0.1, -0.05) is 121 Å². The second kappa shape index (κ2) is 12.1. The molecule has 13 aromatic rings. The van der Waals surface area contributed by atoms with Crippen molar-refractivity contribution >= 4 is 86.8 Å². The van der Waals surface area contributed by atoms with Gasteiger partial charge in [-0.2, -0.15) is 0 Å². The normalized spacial score (nSPS) is 12.4. The average molecular weight is 777 g/mol. The summed E-state index contributed by atoms with van der Waals surface area (Å²) in [4.78, 5) is 10.6. The molecular weight excluding hydrogens is 745 g/mol. The molecule has 5 heteroatoms. The topological polar surface area (TPSA) is 44.9 Å². The first-order valence-electron chi connectivity index (χ1n) is 20.7. The lowest BCUT2D eigenvalue weighted by Gasteiger charge is -2.21. The van der Waals surface area contributed by atoms with Crippen LogP contribution >= 0.6 is 0 Å². The van der Waals surface area contributed by atoms with Crippen molar-refractivity contribution in [2.75, 3.05) is 0 Å². The predicted octanol–water partition coefficient (Wildman–Crippen LogP) is 14.7. The van der Waals surface area contributed by atoms with Gasteiger partial charge in [0.15, 0.2) is 0 Å². The van der Waals surface area contributed by atoms with Gasteiger partial charge in [0.05, 0.1) is 38.7 Å². The fourth-order valence-corrected chi connectivity index (χ4v) is 10.1. The Hall–Kier alpha value is -8.28. The first-order valence-corrected chi connectivity index (χ1v) is 20.7. The van der Waals surface area contributed by atoms with Gasteiger partial charge in [-0.05, 0) is 116 Å². The van der Waals surface area contributed by atoms with Crippen molar-refractivity contribution in [1.82, 2.24) is 19.1 Å². The van der Waals surface area contributed by atoms with E-state index in [2.05, 4.69) is 173 Å². The molecule has 1 aliphatic rings. The number of aromatic nitrogens is 4. The van der Waals surface area contributed by atoms with Gasteiger partial charge < -0.3 is 9.30 Å². The van der Waals surface area contributed by atoms with E-state index >= 15 is 0 Å². The van der Waals surface area contributed by atoms with E-state index in [0.29, 0.717) is 5.95 Å². The highest BCUT2D eigenvalue weighted by Crippen LogP contribution is 2.46. The number of hydrogen-bond acceptors (Lipinski definition) is 3. The molecule has 3 aromatic heterocycles. The van der Waals surface area contributed by atoms with Crippen LogP contribution in [0.3, 0.4) is 0 Å². The maximum Gasteiger partial charge on any atom is 0.235 e. The Kier molecular flexibility index (Phi) is 6.49. The molecular formula is C56H32N4O. The Labute approximate surface area is 348 Å². The first kappa shape index (κ1) is 32.7. The van der Waals surface area contributed by atoms with E-state index in [9.17, 15) is 0 Å². The van der Waals surface area contributed by atoms with Crippen molar-refractivity contribution in [1.29, 1.82) is 0 Å². The van der Waals surface area contributed by atoms with Crippen LogP contribution in [0.2, 0.25) is 0 Å². The number of ether oxygens (including phenoxy) is 1. The van der Waals surface area contributed by atoms with Gasteiger partial charge in [0.1, 0.15) is 11.5 Å². The monoisotopic (exact) mass is 776 g/mol. The zero-order valence-electron chi connectivity index (χ0n) is 32.7. The van der Waals surface area contributed by atoms with E-state index in [1.54, 1.807) is 0 Å². The Bertz CT molecular complexity index is 4040. The molecule has 10 aromatic carbocycles. The van der Waals surface area contributed by atoms with E-state index in [1.165, 1.54) is 65.1 Å². The number of benzene rings is 10. The maximum absolute atomic E-state index is 6.34. The van der Waals surface area contributed by atoms with E-state index in [1.807, 2.05) is 30.3 Å². The van der Waals surface area contributed by atoms with Crippen LogP contribution in [0.5, 0.6) is 11.5 Å². The molecule has 5 nitrogen and oxygen atoms in total. The summed E-state index contributed by atoms with van der Waals surface area (Å²) in [7, 11) is 0. The number of nitrogens with zero attached hydrogens (tertiary/aromatic N) is 4. The summed E-state index contributed by atoms with van der Waals surface area (Å²) < 4.78 is 11.0. The lowest BCUT2D eigenvalue weighted by molar-refractivity contribution is 0.486. The summed E-state index contributed by atoms with van der Waals surface area (Å²) in [5.74, 6) is 2.22. The van der Waals surface area contributed by atoms with Crippen LogP contribution in [0.15, 0.2) is 194 Å². The van der Waals surface area contributed by atoms with Crippen LogP contribution in [0.25, 0.3) is 121 Å². The predicted molar refractivity (Wildman–Crippen MR) is 252 cm³/mol. The summed E-state index contributed by atoms with van der Waals surface area (Å²) in [6, 6.07) is 69.9. The summed E-state index contributed by atoms with van der Waals surface area (Å²) in [5, 5.41) is 13.1. The van der Waals surface area contributed by atoms with Crippen LogP contribution in [-0.4, -0.2) is 19.1 Å². The van der Waals surface area contributed by atoms with Gasteiger partial charge in [-0.3, -0.25) is 4.57 Å². The van der Waals surface area contributed by atoms with Crippen molar-refractivity contribution in [3.63, 3.8) is 0 Å². The third-order valence-electron chi connectivity index (χ3n) is 12.9. The number of rotatable bonds is 3. The highest BCUT2D eigenvalue weighted by atomic mass is 16.5. The molecule has 1 aliphatic heterocycles. The smallest absolute Gasteiger partial charge is 0.235 e. The number of para-hydroxylation sites is 2. The van der Waals surface area contributed by atoms with Crippen molar-refractivity contribution in [3.05, 3.63) is 194 Å². The zero-order valence-corrected chi connectivity index (χ0v) is 32.7. The molecule has 61 heavy (non-hydrogen) atoms. The molecule has 0 aliphatic carbocycles. The van der Waals surface area contributed by atoms with E-state index in [0.717, 1.165) is 61.3 Å². The summed E-state index contributed by atoms with van der Waals surface area (Å²) >= 11 is 0. The molecule has 0 radical (unpaired) electrons. The standard InChI is InChI=1S/C56H32N4O/c1-3-12-39-33(10-1)20-21-35-22-26-38(32-43(35)39)59-47-17-7-5-14-41(47)44-30-36(24-27-48(44)59)37-25-28-49-45(31-37)53-40-13-4-2-11-34(40)23-29-50(53)60(49)56-57-46-16-9-19-52-54(46)55(58-56)42-15-6-8-18-51(42)61-52/h1-32H. The van der Waals surface area contributed by atoms with Crippen LogP contribution < -0.4 is 4.74 Å². The SMILES string of the molecule is c1ccc2c(c1)Oc1cccc3nc(-n4c5ccc(-c6ccc7c(c6)c6ccccc6n7-c6ccc7ccc8ccccc8c7c6)cc5c5c6ccccc6ccc54)nc-2c13. The van der Waals surface area contributed by atoms with Gasteiger partial charge in [-0.15, -0.1) is 0 Å². The molecule has 0 unspecified atom stereocenters. The van der Waals surface area contributed by atoms with E-state index in [-0.39, 0.29) is 0 Å². The molecule has 0 fully saturated rings. The molecule has 282 valence electrons. The third-order valence-corrected chi connectivity index (χ3v) is 12.9. The summed E-state index contributed by atoms with van der Waals surface area (Å²) in [6.07, 6.45) is 0. The minimum absolute atomic E-state index is 0.635. The zero-order chi connectivity index (χ0) is 39.8. The minimum atomic E-state index is 0.635. The van der Waals surface area contributed by atoms with Crippen LogP contribution in [0.1, 0.15) is 0 Å². The maximum atomic E-state index is 6.34. The second-order valence-electron chi connectivity index (χ2n) is 16.1. The molecule has 14 rings (SSSR count). The van der Waals surface area contributed by atoms with Gasteiger partial charge in [0.2, 0.25) is 5.95 Å². The highest BCUT2D eigenvalue weighted by molar-refractivity contribution is 6.22. The molecule has 0 atom stereocenters. The second-order valence-corrected chi connectivity index (χ2v) is 16.1. The van der Waals surface area contributed by atoms with Crippen molar-refractivity contribution < 1.29 is 4.74 Å². The first-order chi connectivity index (χ1) is 30.2. The largest absolute Gasteiger partial charge is 0.456 e. The van der Waals surface area contributed by atoms with Crippen LogP contribution in [-0.2, 0) is 0 Å². The molecule has 0 bridgehead atoms. The van der Waals surface area contributed by atoms with Crippen molar-refractivity contribution in [3.8, 4) is 45.5 Å². The van der Waals surface area contributed by atoms with Crippen LogP contribution in [0.4, 0.5) is 0 Å². The molecule has 0 saturated carbocycles. The number of fused-ring (bicyclic) bond motifs is 13. The fraction of sp³-hybridized carbons (Fsp3) is 0. The molecule has 0 N–H and O–H groups in total. The average Bonchev–Trinajstić information content (AvgIpc) is 3.84. The Balaban J connectivity index is 0.988. The molecule has 0 amide bonds. The number of hydrogen-bond donors (Lipinski definition) is 0. The molecule has 0 saturated heterocycles. The van der Waals surface area contributed by atoms with E-state index < -0.39 is 0 Å². The van der Waals surface area contributed by atoms with Gasteiger partial charge in [0.25, 0.3) is 0 Å². The molecule has 4 heterocycles. The van der Waals surface area contributed by atoms with Gasteiger partial charge in [-0.25, -0.2) is 9.97 Å². The van der Waals surface area contributed by atoms with Crippen molar-refractivity contribution in [2.45, 2.75) is 0 Å². The van der Waals surface area contributed by atoms with Crippen LogP contribution in [0, 0.1) is 0 Å². The Morgan fingerprint density at radius 1 is 0.361 bits per heavy atom. The lowest BCUT2D eigenvalue weighted by Crippen LogP contribution is -2.06.